The molecule has 0 amide bonds. The first-order valence-corrected chi connectivity index (χ1v) is 6.84. The maximum atomic E-state index is 11.9. The van der Waals surface area contributed by atoms with Crippen LogP contribution < -0.4 is 0 Å². The highest BCUT2D eigenvalue weighted by molar-refractivity contribution is 6.17. The lowest BCUT2D eigenvalue weighted by Gasteiger charge is -2.12. The fourth-order valence-electron chi connectivity index (χ4n) is 2.47. The third-order valence-corrected chi connectivity index (χ3v) is 3.52. The summed E-state index contributed by atoms with van der Waals surface area (Å²) < 4.78 is 0. The summed E-state index contributed by atoms with van der Waals surface area (Å²) in [4.78, 5) is 23.3. The van der Waals surface area contributed by atoms with Crippen LogP contribution in [-0.2, 0) is 16.0 Å². The van der Waals surface area contributed by atoms with E-state index in [4.69, 9.17) is 0 Å². The van der Waals surface area contributed by atoms with Crippen molar-refractivity contribution in [2.24, 2.45) is 0 Å². The molecule has 0 spiro atoms. The molecule has 2 nitrogen and oxygen atoms in total. The first-order valence-electron chi connectivity index (χ1n) is 6.84. The zero-order chi connectivity index (χ0) is 14.7. The summed E-state index contributed by atoms with van der Waals surface area (Å²) in [5.41, 5.74) is 3.80. The van der Waals surface area contributed by atoms with Gasteiger partial charge in [0.05, 0.1) is 0 Å². The van der Waals surface area contributed by atoms with Gasteiger partial charge in [0.25, 0.3) is 0 Å². The monoisotopic (exact) mass is 274 g/mol. The van der Waals surface area contributed by atoms with E-state index in [1.54, 1.807) is 0 Å². The van der Waals surface area contributed by atoms with Gasteiger partial charge < -0.3 is 0 Å². The van der Waals surface area contributed by atoms with Crippen molar-refractivity contribution in [2.75, 3.05) is 0 Å². The maximum absolute atomic E-state index is 11.9. The van der Waals surface area contributed by atoms with Crippen LogP contribution in [0.2, 0.25) is 0 Å². The summed E-state index contributed by atoms with van der Waals surface area (Å²) in [6, 6.07) is 18.0. The fourth-order valence-corrected chi connectivity index (χ4v) is 2.47. The Labute approximate surface area is 123 Å². The SMILES string of the molecule is O=C1C=CC(=O)C(Cc2ccccc2-c2ccccc2)=C1. The van der Waals surface area contributed by atoms with Crippen molar-refractivity contribution < 1.29 is 9.59 Å². The molecular formula is C19H14O2. The molecule has 3 rings (SSSR count). The number of hydrogen-bond donors (Lipinski definition) is 0. The second-order valence-corrected chi connectivity index (χ2v) is 4.97. The Bertz CT molecular complexity index is 752. The lowest BCUT2D eigenvalue weighted by molar-refractivity contribution is -0.114. The molecule has 0 aromatic heterocycles. The number of carbonyl (C=O) groups excluding carboxylic acids is 2. The Balaban J connectivity index is 1.97. The van der Waals surface area contributed by atoms with Gasteiger partial charge in [-0.1, -0.05) is 54.6 Å². The highest BCUT2D eigenvalue weighted by Crippen LogP contribution is 2.26. The Morgan fingerprint density at radius 3 is 2.29 bits per heavy atom. The molecule has 0 bridgehead atoms. The molecule has 1 aliphatic rings. The molecule has 102 valence electrons. The van der Waals surface area contributed by atoms with E-state index in [9.17, 15) is 9.59 Å². The predicted octanol–water partition coefficient (Wildman–Crippen LogP) is 3.53. The van der Waals surface area contributed by atoms with Crippen molar-refractivity contribution in [1.29, 1.82) is 0 Å². The van der Waals surface area contributed by atoms with Crippen LogP contribution in [0.5, 0.6) is 0 Å². The molecular weight excluding hydrogens is 260 g/mol. The van der Waals surface area contributed by atoms with Gasteiger partial charge >= 0.3 is 0 Å². The summed E-state index contributed by atoms with van der Waals surface area (Å²) in [5.74, 6) is -0.209. The summed E-state index contributed by atoms with van der Waals surface area (Å²) in [5, 5.41) is 0. The van der Waals surface area contributed by atoms with Crippen LogP contribution in [0.15, 0.2) is 78.4 Å². The zero-order valence-electron chi connectivity index (χ0n) is 11.5. The Morgan fingerprint density at radius 1 is 0.762 bits per heavy atom. The lowest BCUT2D eigenvalue weighted by Crippen LogP contribution is -2.10. The minimum atomic E-state index is -0.123. The van der Waals surface area contributed by atoms with Crippen molar-refractivity contribution in [3.63, 3.8) is 0 Å². The van der Waals surface area contributed by atoms with Gasteiger partial charge in [0.2, 0.25) is 0 Å². The van der Waals surface area contributed by atoms with E-state index in [0.29, 0.717) is 12.0 Å². The molecule has 0 aliphatic heterocycles. The molecule has 2 aromatic carbocycles. The van der Waals surface area contributed by atoms with Crippen LogP contribution in [0.4, 0.5) is 0 Å². The average molecular weight is 274 g/mol. The van der Waals surface area contributed by atoms with Gasteiger partial charge in [-0.3, -0.25) is 9.59 Å². The second kappa shape index (κ2) is 5.71. The highest BCUT2D eigenvalue weighted by atomic mass is 16.1. The molecule has 2 heteroatoms. The molecule has 0 heterocycles. The van der Waals surface area contributed by atoms with E-state index in [0.717, 1.165) is 16.7 Å². The van der Waals surface area contributed by atoms with Crippen molar-refractivity contribution >= 4 is 11.6 Å². The molecule has 0 saturated carbocycles. The molecule has 2 aromatic rings. The number of carbonyl (C=O) groups is 2. The Morgan fingerprint density at radius 2 is 1.48 bits per heavy atom. The van der Waals surface area contributed by atoms with E-state index in [1.807, 2.05) is 54.6 Å². The molecule has 0 fully saturated rings. The molecule has 0 unspecified atom stereocenters. The van der Waals surface area contributed by atoms with Crippen LogP contribution in [0.3, 0.4) is 0 Å². The van der Waals surface area contributed by atoms with Gasteiger partial charge in [0.1, 0.15) is 0 Å². The van der Waals surface area contributed by atoms with Crippen LogP contribution in [0.25, 0.3) is 11.1 Å². The van der Waals surface area contributed by atoms with E-state index in [2.05, 4.69) is 0 Å². The zero-order valence-corrected chi connectivity index (χ0v) is 11.5. The minimum Gasteiger partial charge on any atom is -0.290 e. The predicted molar refractivity (Wildman–Crippen MR) is 82.8 cm³/mol. The van der Waals surface area contributed by atoms with E-state index >= 15 is 0 Å². The Hall–Kier alpha value is -2.74. The number of rotatable bonds is 3. The number of benzene rings is 2. The lowest BCUT2D eigenvalue weighted by atomic mass is 9.91. The Kier molecular flexibility index (Phi) is 3.61. The van der Waals surface area contributed by atoms with Crippen molar-refractivity contribution in [3.05, 3.63) is 84.0 Å². The van der Waals surface area contributed by atoms with Crippen molar-refractivity contribution in [2.45, 2.75) is 6.42 Å². The molecule has 0 saturated heterocycles. The van der Waals surface area contributed by atoms with E-state index in [1.165, 1.54) is 18.2 Å². The van der Waals surface area contributed by atoms with Gasteiger partial charge in [0.15, 0.2) is 11.6 Å². The summed E-state index contributed by atoms with van der Waals surface area (Å²) >= 11 is 0. The van der Waals surface area contributed by atoms with Gasteiger partial charge in [-0.05, 0) is 34.9 Å². The number of hydrogen-bond acceptors (Lipinski definition) is 2. The van der Waals surface area contributed by atoms with Crippen LogP contribution >= 0.6 is 0 Å². The minimum absolute atomic E-state index is 0.0857. The molecule has 0 N–H and O–H groups in total. The topological polar surface area (TPSA) is 34.1 Å². The van der Waals surface area contributed by atoms with Gasteiger partial charge in [-0.25, -0.2) is 0 Å². The van der Waals surface area contributed by atoms with Gasteiger partial charge in [-0.2, -0.15) is 0 Å². The first kappa shape index (κ1) is 13.3. The van der Waals surface area contributed by atoms with Gasteiger partial charge in [0, 0.05) is 12.0 Å². The fraction of sp³-hybridized carbons (Fsp3) is 0.0526. The smallest absolute Gasteiger partial charge is 0.182 e. The van der Waals surface area contributed by atoms with E-state index in [-0.39, 0.29) is 11.6 Å². The van der Waals surface area contributed by atoms with Crippen molar-refractivity contribution in [3.8, 4) is 11.1 Å². The summed E-state index contributed by atoms with van der Waals surface area (Å²) in [6.45, 7) is 0. The standard InChI is InChI=1S/C19H14O2/c20-17-10-11-19(21)16(13-17)12-15-8-4-5-9-18(15)14-6-2-1-3-7-14/h1-11,13H,12H2. The third-order valence-electron chi connectivity index (χ3n) is 3.52. The average Bonchev–Trinajstić information content (AvgIpc) is 2.52. The highest BCUT2D eigenvalue weighted by Gasteiger charge is 2.15. The van der Waals surface area contributed by atoms with Gasteiger partial charge in [-0.15, -0.1) is 0 Å². The summed E-state index contributed by atoms with van der Waals surface area (Å²) in [7, 11) is 0. The molecule has 21 heavy (non-hydrogen) atoms. The quantitative estimate of drug-likeness (QED) is 0.802. The van der Waals surface area contributed by atoms with Crippen LogP contribution in [0, 0.1) is 0 Å². The molecule has 0 atom stereocenters. The number of allylic oxidation sites excluding steroid dienone is 4. The molecule has 1 aliphatic carbocycles. The van der Waals surface area contributed by atoms with Crippen LogP contribution in [0.1, 0.15) is 5.56 Å². The summed E-state index contributed by atoms with van der Waals surface area (Å²) in [6.07, 6.45) is 4.57. The maximum Gasteiger partial charge on any atom is 0.182 e. The van der Waals surface area contributed by atoms with Crippen LogP contribution in [-0.4, -0.2) is 11.6 Å². The molecule has 0 radical (unpaired) electrons. The normalized spacial score (nSPS) is 14.2. The largest absolute Gasteiger partial charge is 0.290 e. The van der Waals surface area contributed by atoms with Crippen molar-refractivity contribution in [1.82, 2.24) is 0 Å². The second-order valence-electron chi connectivity index (χ2n) is 4.97. The number of ketones is 2. The van der Waals surface area contributed by atoms with E-state index < -0.39 is 0 Å². The first-order chi connectivity index (χ1) is 10.2. The third kappa shape index (κ3) is 2.90.